The van der Waals surface area contributed by atoms with Crippen LogP contribution in [0.15, 0.2) is 29.5 Å². The summed E-state index contributed by atoms with van der Waals surface area (Å²) in [5.41, 5.74) is 0.646. The van der Waals surface area contributed by atoms with E-state index < -0.39 is 0 Å². The number of rotatable bonds is 8. The summed E-state index contributed by atoms with van der Waals surface area (Å²) in [5.74, 6) is 0. The molecular formula is C13H20N4O2. The molecule has 0 saturated carbocycles. The fourth-order valence-electron chi connectivity index (χ4n) is 1.97. The summed E-state index contributed by atoms with van der Waals surface area (Å²) in [6.07, 6.45) is 7.26. The van der Waals surface area contributed by atoms with Gasteiger partial charge in [-0.05, 0) is 25.5 Å². The molecule has 0 radical (unpaired) electrons. The standard InChI is InChI=1S/C13H20N4O2/c1-19-11-7-14-5-2-3-8-16-9-10-17-12(13(16)18)4-6-15-17/h4,6,9-10,14H,2-3,5,7-8,11H2,1H3. The minimum Gasteiger partial charge on any atom is -0.383 e. The first kappa shape index (κ1) is 13.8. The Balaban J connectivity index is 1.78. The van der Waals surface area contributed by atoms with Gasteiger partial charge < -0.3 is 14.6 Å². The number of methoxy groups -OCH3 is 1. The lowest BCUT2D eigenvalue weighted by Gasteiger charge is -2.07. The van der Waals surface area contributed by atoms with Crippen molar-refractivity contribution in [2.75, 3.05) is 26.8 Å². The second-order valence-corrected chi connectivity index (χ2v) is 4.41. The van der Waals surface area contributed by atoms with E-state index in [2.05, 4.69) is 10.4 Å². The van der Waals surface area contributed by atoms with E-state index in [0.717, 1.165) is 39.1 Å². The van der Waals surface area contributed by atoms with Crippen molar-refractivity contribution in [3.8, 4) is 0 Å². The second-order valence-electron chi connectivity index (χ2n) is 4.41. The van der Waals surface area contributed by atoms with Crippen molar-refractivity contribution >= 4 is 5.52 Å². The highest BCUT2D eigenvalue weighted by molar-refractivity contribution is 5.42. The molecule has 6 heteroatoms. The molecule has 2 heterocycles. The van der Waals surface area contributed by atoms with Crippen molar-refractivity contribution in [1.29, 1.82) is 0 Å². The van der Waals surface area contributed by atoms with Crippen LogP contribution in [0.3, 0.4) is 0 Å². The number of hydrogen-bond donors (Lipinski definition) is 1. The summed E-state index contributed by atoms with van der Waals surface area (Å²) in [6.45, 7) is 3.30. The number of nitrogens with one attached hydrogen (secondary N) is 1. The molecule has 0 amide bonds. The lowest BCUT2D eigenvalue weighted by molar-refractivity contribution is 0.199. The SMILES string of the molecule is COCCNCCCCn1ccn2nccc2c1=O. The Morgan fingerprint density at radius 2 is 2.21 bits per heavy atom. The third-order valence-corrected chi connectivity index (χ3v) is 3.02. The number of unbranched alkanes of at least 4 members (excludes halogenated alkanes) is 1. The normalized spacial score (nSPS) is 11.2. The van der Waals surface area contributed by atoms with Crippen LogP contribution in [0.4, 0.5) is 0 Å². The topological polar surface area (TPSA) is 60.6 Å². The van der Waals surface area contributed by atoms with Gasteiger partial charge in [-0.1, -0.05) is 0 Å². The number of nitrogens with zero attached hydrogens (tertiary/aromatic N) is 3. The third-order valence-electron chi connectivity index (χ3n) is 3.02. The Hall–Kier alpha value is -1.66. The molecule has 0 spiro atoms. The maximum absolute atomic E-state index is 12.1. The number of fused-ring (bicyclic) bond motifs is 1. The quantitative estimate of drug-likeness (QED) is 0.706. The minimum atomic E-state index is 0.0207. The maximum Gasteiger partial charge on any atom is 0.276 e. The van der Waals surface area contributed by atoms with E-state index in [1.54, 1.807) is 34.7 Å². The van der Waals surface area contributed by atoms with Gasteiger partial charge in [0.1, 0.15) is 5.52 Å². The van der Waals surface area contributed by atoms with Crippen LogP contribution in [-0.2, 0) is 11.3 Å². The molecule has 2 aromatic heterocycles. The van der Waals surface area contributed by atoms with E-state index >= 15 is 0 Å². The van der Waals surface area contributed by atoms with Crippen LogP contribution in [0.2, 0.25) is 0 Å². The smallest absolute Gasteiger partial charge is 0.276 e. The molecule has 0 aliphatic heterocycles. The predicted octanol–water partition coefficient (Wildman–Crippen LogP) is 0.512. The van der Waals surface area contributed by atoms with Crippen LogP contribution in [0, 0.1) is 0 Å². The molecule has 0 bridgehead atoms. The van der Waals surface area contributed by atoms with E-state index in [1.165, 1.54) is 0 Å². The van der Waals surface area contributed by atoms with Crippen LogP contribution < -0.4 is 10.9 Å². The van der Waals surface area contributed by atoms with Gasteiger partial charge >= 0.3 is 0 Å². The lowest BCUT2D eigenvalue weighted by Crippen LogP contribution is -2.23. The third kappa shape index (κ3) is 3.65. The zero-order valence-corrected chi connectivity index (χ0v) is 11.2. The van der Waals surface area contributed by atoms with Gasteiger partial charge in [0.05, 0.1) is 12.8 Å². The summed E-state index contributed by atoms with van der Waals surface area (Å²) >= 11 is 0. The molecule has 0 unspecified atom stereocenters. The molecule has 0 fully saturated rings. The molecule has 2 aromatic rings. The van der Waals surface area contributed by atoms with Crippen molar-refractivity contribution in [3.63, 3.8) is 0 Å². The molecule has 19 heavy (non-hydrogen) atoms. The number of aryl methyl sites for hydroxylation is 1. The first-order chi connectivity index (χ1) is 9.33. The van der Waals surface area contributed by atoms with Gasteiger partial charge in [0.2, 0.25) is 0 Å². The maximum atomic E-state index is 12.1. The number of aromatic nitrogens is 3. The van der Waals surface area contributed by atoms with E-state index in [-0.39, 0.29) is 5.56 Å². The van der Waals surface area contributed by atoms with Crippen LogP contribution in [0.5, 0.6) is 0 Å². The largest absolute Gasteiger partial charge is 0.383 e. The first-order valence-electron chi connectivity index (χ1n) is 6.55. The van der Waals surface area contributed by atoms with Gasteiger partial charge in [-0.2, -0.15) is 5.10 Å². The highest BCUT2D eigenvalue weighted by Crippen LogP contribution is 1.97. The van der Waals surface area contributed by atoms with Crippen LogP contribution in [0.25, 0.3) is 5.52 Å². The molecule has 2 rings (SSSR count). The number of ether oxygens (including phenoxy) is 1. The van der Waals surface area contributed by atoms with Gasteiger partial charge in [-0.25, -0.2) is 4.52 Å². The summed E-state index contributed by atoms with van der Waals surface area (Å²) in [5, 5.41) is 7.33. The van der Waals surface area contributed by atoms with Crippen molar-refractivity contribution < 1.29 is 4.74 Å². The van der Waals surface area contributed by atoms with Crippen molar-refractivity contribution in [1.82, 2.24) is 19.5 Å². The van der Waals surface area contributed by atoms with Gasteiger partial charge in [-0.15, -0.1) is 0 Å². The Morgan fingerprint density at radius 3 is 3.05 bits per heavy atom. The predicted molar refractivity (Wildman–Crippen MR) is 73.4 cm³/mol. The Kier molecular flexibility index (Phi) is 5.11. The number of hydrogen-bond acceptors (Lipinski definition) is 4. The van der Waals surface area contributed by atoms with E-state index in [1.807, 2.05) is 6.20 Å². The molecule has 0 aliphatic rings. The fourth-order valence-corrected chi connectivity index (χ4v) is 1.97. The molecule has 104 valence electrons. The summed E-state index contributed by atoms with van der Waals surface area (Å²) in [7, 11) is 1.70. The summed E-state index contributed by atoms with van der Waals surface area (Å²) in [6, 6.07) is 1.74. The van der Waals surface area contributed by atoms with Crippen molar-refractivity contribution in [2.45, 2.75) is 19.4 Å². The average Bonchev–Trinajstić information content (AvgIpc) is 2.89. The highest BCUT2D eigenvalue weighted by atomic mass is 16.5. The molecule has 0 aromatic carbocycles. The van der Waals surface area contributed by atoms with Gasteiger partial charge in [0, 0.05) is 32.6 Å². The zero-order chi connectivity index (χ0) is 13.5. The Bertz CT molecular complexity index is 561. The Morgan fingerprint density at radius 1 is 1.32 bits per heavy atom. The molecule has 1 N–H and O–H groups in total. The summed E-state index contributed by atoms with van der Waals surface area (Å²) < 4.78 is 8.30. The van der Waals surface area contributed by atoms with Crippen LogP contribution in [0.1, 0.15) is 12.8 Å². The van der Waals surface area contributed by atoms with E-state index in [9.17, 15) is 4.79 Å². The van der Waals surface area contributed by atoms with Crippen LogP contribution >= 0.6 is 0 Å². The van der Waals surface area contributed by atoms with E-state index in [4.69, 9.17) is 4.74 Å². The molecule has 0 saturated heterocycles. The van der Waals surface area contributed by atoms with Gasteiger partial charge in [0.15, 0.2) is 0 Å². The second kappa shape index (κ2) is 7.06. The van der Waals surface area contributed by atoms with Crippen LogP contribution in [-0.4, -0.2) is 41.0 Å². The zero-order valence-electron chi connectivity index (χ0n) is 11.2. The Labute approximate surface area is 112 Å². The van der Waals surface area contributed by atoms with Gasteiger partial charge in [0.25, 0.3) is 5.56 Å². The summed E-state index contributed by atoms with van der Waals surface area (Å²) in [4.78, 5) is 12.1. The average molecular weight is 264 g/mol. The van der Waals surface area contributed by atoms with E-state index in [0.29, 0.717) is 5.52 Å². The van der Waals surface area contributed by atoms with Gasteiger partial charge in [-0.3, -0.25) is 4.79 Å². The minimum absolute atomic E-state index is 0.0207. The molecule has 6 nitrogen and oxygen atoms in total. The van der Waals surface area contributed by atoms with Crippen molar-refractivity contribution in [3.05, 3.63) is 35.0 Å². The molecule has 0 aliphatic carbocycles. The lowest BCUT2D eigenvalue weighted by atomic mass is 10.3. The molecular weight excluding hydrogens is 244 g/mol. The highest BCUT2D eigenvalue weighted by Gasteiger charge is 2.02. The first-order valence-corrected chi connectivity index (χ1v) is 6.55. The fraction of sp³-hybridized carbons (Fsp3) is 0.538. The van der Waals surface area contributed by atoms with Crippen molar-refractivity contribution in [2.24, 2.45) is 0 Å². The monoisotopic (exact) mass is 264 g/mol. The molecule has 0 atom stereocenters.